The second-order valence-electron chi connectivity index (χ2n) is 6.61. The van der Waals surface area contributed by atoms with Crippen LogP contribution in [0.15, 0.2) is 77.9 Å². The third-order valence-corrected chi connectivity index (χ3v) is 4.35. The molecule has 0 saturated heterocycles. The van der Waals surface area contributed by atoms with Gasteiger partial charge in [0.2, 0.25) is 0 Å². The lowest BCUT2D eigenvalue weighted by Crippen LogP contribution is -2.20. The fourth-order valence-corrected chi connectivity index (χ4v) is 2.72. The van der Waals surface area contributed by atoms with Gasteiger partial charge in [-0.3, -0.25) is 19.7 Å². The highest BCUT2D eigenvalue weighted by Crippen LogP contribution is 2.17. The average molecular weight is 448 g/mol. The van der Waals surface area contributed by atoms with Gasteiger partial charge in [-0.25, -0.2) is 5.43 Å². The fraction of sp³-hybridized carbons (Fsp3) is 0.0870. The molecule has 0 aliphatic carbocycles. The van der Waals surface area contributed by atoms with Crippen molar-refractivity contribution in [3.8, 4) is 11.5 Å². The van der Waals surface area contributed by atoms with Crippen molar-refractivity contribution in [3.63, 3.8) is 0 Å². The Balaban J connectivity index is 1.48. The number of rotatable bonds is 9. The van der Waals surface area contributed by atoms with Crippen LogP contribution in [0.25, 0.3) is 0 Å². The van der Waals surface area contributed by atoms with E-state index in [-0.39, 0.29) is 23.8 Å². The number of hydrogen-bond donors (Lipinski definition) is 2. The largest absolute Gasteiger partial charge is 0.497 e. The molecule has 0 saturated carbocycles. The number of benzene rings is 3. The standard InChI is InChI=1S/C23H20N4O6/c1-32-18-12-8-17(9-13-18)25-22(28)15-33-19-10-6-16(7-11-19)14-24-26-23(29)20-4-2-3-5-21(20)27(30)31/h2-14H,15H2,1H3,(H,25,28)(H,26,29)/b24-14-. The highest BCUT2D eigenvalue weighted by Gasteiger charge is 2.18. The molecule has 3 rings (SSSR count). The summed E-state index contributed by atoms with van der Waals surface area (Å²) in [6.07, 6.45) is 1.38. The number of para-hydroxylation sites is 1. The number of carbonyl (C=O) groups is 2. The lowest BCUT2D eigenvalue weighted by atomic mass is 10.2. The highest BCUT2D eigenvalue weighted by atomic mass is 16.6. The van der Waals surface area contributed by atoms with Crippen LogP contribution in [0.4, 0.5) is 11.4 Å². The normalized spacial score (nSPS) is 10.5. The van der Waals surface area contributed by atoms with Gasteiger partial charge in [-0.15, -0.1) is 0 Å². The van der Waals surface area contributed by atoms with E-state index in [0.29, 0.717) is 22.7 Å². The number of methoxy groups -OCH3 is 1. The molecule has 0 fully saturated rings. The maximum absolute atomic E-state index is 12.1. The smallest absolute Gasteiger partial charge is 0.282 e. The molecule has 0 aliphatic heterocycles. The SMILES string of the molecule is COc1ccc(NC(=O)COc2ccc(/C=N\NC(=O)c3ccccc3[N+](=O)[O-])cc2)cc1. The van der Waals surface area contributed by atoms with Gasteiger partial charge in [0.25, 0.3) is 17.5 Å². The first-order valence-corrected chi connectivity index (χ1v) is 9.70. The van der Waals surface area contributed by atoms with Crippen molar-refractivity contribution in [2.45, 2.75) is 0 Å². The minimum absolute atomic E-state index is 0.0867. The van der Waals surface area contributed by atoms with Crippen LogP contribution >= 0.6 is 0 Å². The summed E-state index contributed by atoms with van der Waals surface area (Å²) in [5.41, 5.74) is 3.14. The highest BCUT2D eigenvalue weighted by molar-refractivity contribution is 5.98. The Morgan fingerprint density at radius 2 is 1.67 bits per heavy atom. The molecule has 10 heteroatoms. The zero-order valence-corrected chi connectivity index (χ0v) is 17.6. The van der Waals surface area contributed by atoms with Crippen LogP contribution in [0.1, 0.15) is 15.9 Å². The Hall–Kier alpha value is -4.73. The van der Waals surface area contributed by atoms with E-state index < -0.39 is 10.8 Å². The number of anilines is 1. The van der Waals surface area contributed by atoms with Crippen molar-refractivity contribution in [3.05, 3.63) is 94.0 Å². The monoisotopic (exact) mass is 448 g/mol. The summed E-state index contributed by atoms with van der Waals surface area (Å²) in [6.45, 7) is -0.175. The molecule has 0 heterocycles. The molecule has 0 aromatic heterocycles. The third-order valence-electron chi connectivity index (χ3n) is 4.35. The number of hydrazone groups is 1. The van der Waals surface area contributed by atoms with Crippen LogP contribution in [0.5, 0.6) is 11.5 Å². The molecule has 2 N–H and O–H groups in total. The summed E-state index contributed by atoms with van der Waals surface area (Å²) in [6, 6.07) is 19.2. The molecule has 33 heavy (non-hydrogen) atoms. The van der Waals surface area contributed by atoms with Gasteiger partial charge >= 0.3 is 0 Å². The summed E-state index contributed by atoms with van der Waals surface area (Å²) < 4.78 is 10.5. The fourth-order valence-electron chi connectivity index (χ4n) is 2.72. The molecule has 3 aromatic carbocycles. The maximum Gasteiger partial charge on any atom is 0.282 e. The van der Waals surface area contributed by atoms with Crippen LogP contribution < -0.4 is 20.2 Å². The van der Waals surface area contributed by atoms with Gasteiger partial charge in [0.15, 0.2) is 6.61 Å². The van der Waals surface area contributed by atoms with Crippen LogP contribution in [0.3, 0.4) is 0 Å². The van der Waals surface area contributed by atoms with Crippen LogP contribution in [0.2, 0.25) is 0 Å². The van der Waals surface area contributed by atoms with E-state index in [1.54, 1.807) is 55.6 Å². The second kappa shape index (κ2) is 11.0. The minimum atomic E-state index is -0.693. The van der Waals surface area contributed by atoms with Crippen molar-refractivity contribution in [1.29, 1.82) is 0 Å². The number of amides is 2. The van der Waals surface area contributed by atoms with Gasteiger partial charge in [-0.2, -0.15) is 5.10 Å². The van der Waals surface area contributed by atoms with E-state index >= 15 is 0 Å². The molecule has 0 unspecified atom stereocenters. The second-order valence-corrected chi connectivity index (χ2v) is 6.61. The Labute approximate surface area is 189 Å². The number of nitro groups is 1. The van der Waals surface area contributed by atoms with Gasteiger partial charge in [-0.1, -0.05) is 12.1 Å². The van der Waals surface area contributed by atoms with Gasteiger partial charge in [0.05, 0.1) is 18.2 Å². The van der Waals surface area contributed by atoms with Gasteiger partial charge in [0.1, 0.15) is 17.1 Å². The maximum atomic E-state index is 12.1. The van der Waals surface area contributed by atoms with Crippen molar-refractivity contribution < 1.29 is 24.0 Å². The Morgan fingerprint density at radius 1 is 1.00 bits per heavy atom. The first-order chi connectivity index (χ1) is 16.0. The molecule has 3 aromatic rings. The molecule has 168 valence electrons. The predicted molar refractivity (Wildman–Crippen MR) is 122 cm³/mol. The summed E-state index contributed by atoms with van der Waals surface area (Å²) in [5.74, 6) is 0.153. The lowest BCUT2D eigenvalue weighted by molar-refractivity contribution is -0.385. The first kappa shape index (κ1) is 22.9. The average Bonchev–Trinajstić information content (AvgIpc) is 2.84. The Bertz CT molecular complexity index is 1160. The number of nitrogens with one attached hydrogen (secondary N) is 2. The number of ether oxygens (including phenoxy) is 2. The molecule has 0 bridgehead atoms. The van der Waals surface area contributed by atoms with E-state index in [9.17, 15) is 19.7 Å². The number of carbonyl (C=O) groups excluding carboxylic acids is 2. The third kappa shape index (κ3) is 6.62. The van der Waals surface area contributed by atoms with Crippen molar-refractivity contribution in [2.24, 2.45) is 5.10 Å². The predicted octanol–water partition coefficient (Wildman–Crippen LogP) is 3.38. The number of nitrogens with zero attached hydrogens (tertiary/aromatic N) is 2. The Kier molecular flexibility index (Phi) is 7.68. The molecule has 0 aliphatic rings. The van der Waals surface area contributed by atoms with Gasteiger partial charge in [-0.05, 0) is 60.2 Å². The van der Waals surface area contributed by atoms with Crippen molar-refractivity contribution in [1.82, 2.24) is 5.43 Å². The van der Waals surface area contributed by atoms with E-state index in [2.05, 4.69) is 15.8 Å². The number of hydrogen-bond acceptors (Lipinski definition) is 7. The van der Waals surface area contributed by atoms with Crippen LogP contribution in [0, 0.1) is 10.1 Å². The van der Waals surface area contributed by atoms with E-state index in [1.807, 2.05) is 0 Å². The summed E-state index contributed by atoms with van der Waals surface area (Å²) >= 11 is 0. The molecule has 2 amide bonds. The quantitative estimate of drug-likeness (QED) is 0.293. The van der Waals surface area contributed by atoms with Gasteiger partial charge in [0, 0.05) is 11.8 Å². The van der Waals surface area contributed by atoms with Crippen LogP contribution in [-0.4, -0.2) is 36.7 Å². The summed E-state index contributed by atoms with van der Waals surface area (Å²) in [4.78, 5) is 34.5. The Morgan fingerprint density at radius 3 is 2.33 bits per heavy atom. The summed E-state index contributed by atoms with van der Waals surface area (Å²) in [7, 11) is 1.56. The zero-order valence-electron chi connectivity index (χ0n) is 17.6. The van der Waals surface area contributed by atoms with E-state index in [4.69, 9.17) is 9.47 Å². The van der Waals surface area contributed by atoms with E-state index in [0.717, 1.165) is 0 Å². The zero-order chi connectivity index (χ0) is 23.6. The van der Waals surface area contributed by atoms with Crippen molar-refractivity contribution in [2.75, 3.05) is 19.0 Å². The molecule has 0 atom stereocenters. The van der Waals surface area contributed by atoms with Gasteiger partial charge < -0.3 is 14.8 Å². The molecule has 10 nitrogen and oxygen atoms in total. The molecular weight excluding hydrogens is 428 g/mol. The molecule has 0 spiro atoms. The van der Waals surface area contributed by atoms with Crippen LogP contribution in [-0.2, 0) is 4.79 Å². The molecule has 0 radical (unpaired) electrons. The van der Waals surface area contributed by atoms with Crippen molar-refractivity contribution >= 4 is 29.4 Å². The summed E-state index contributed by atoms with van der Waals surface area (Å²) in [5, 5.41) is 17.5. The minimum Gasteiger partial charge on any atom is -0.497 e. The number of nitro benzene ring substituents is 1. The topological polar surface area (TPSA) is 132 Å². The van der Waals surface area contributed by atoms with E-state index in [1.165, 1.54) is 30.5 Å². The molecular formula is C23H20N4O6. The lowest BCUT2D eigenvalue weighted by Gasteiger charge is -2.08. The first-order valence-electron chi connectivity index (χ1n) is 9.70.